The second-order valence-corrected chi connectivity index (χ2v) is 6.85. The first kappa shape index (κ1) is 15.4. The van der Waals surface area contributed by atoms with Gasteiger partial charge in [0.25, 0.3) is 0 Å². The summed E-state index contributed by atoms with van der Waals surface area (Å²) in [5.41, 5.74) is 2.99. The van der Waals surface area contributed by atoms with Crippen LogP contribution in [0.5, 0.6) is 5.75 Å². The predicted molar refractivity (Wildman–Crippen MR) is 85.5 cm³/mol. The van der Waals surface area contributed by atoms with E-state index >= 15 is 0 Å². The molecule has 2 rings (SSSR count). The molecule has 1 aliphatic heterocycles. The molecule has 0 saturated carbocycles. The number of nitrogens with one attached hydrogen (secondary N) is 1. The molecule has 1 aromatic carbocycles. The van der Waals surface area contributed by atoms with Crippen LogP contribution in [0.4, 0.5) is 0 Å². The molecule has 20 heavy (non-hydrogen) atoms. The highest BCUT2D eigenvalue weighted by molar-refractivity contribution is 5.42. The molecule has 112 valence electrons. The van der Waals surface area contributed by atoms with E-state index in [0.717, 1.165) is 31.6 Å². The van der Waals surface area contributed by atoms with E-state index in [1.807, 2.05) is 0 Å². The smallest absolute Gasteiger partial charge is 0.124 e. The molecule has 1 aliphatic rings. The minimum absolute atomic E-state index is 0.226. The van der Waals surface area contributed by atoms with Crippen molar-refractivity contribution in [3.8, 4) is 5.75 Å². The van der Waals surface area contributed by atoms with Gasteiger partial charge in [0.05, 0.1) is 6.61 Å². The van der Waals surface area contributed by atoms with Crippen LogP contribution in [0.2, 0.25) is 0 Å². The van der Waals surface area contributed by atoms with Crippen LogP contribution in [-0.4, -0.2) is 12.6 Å². The molecule has 0 bridgehead atoms. The Morgan fingerprint density at radius 2 is 2.10 bits per heavy atom. The minimum atomic E-state index is 0.226. The molecule has 2 heteroatoms. The summed E-state index contributed by atoms with van der Waals surface area (Å²) in [6, 6.07) is 7.68. The lowest BCUT2D eigenvalue weighted by atomic mass is 9.81. The summed E-state index contributed by atoms with van der Waals surface area (Å²) >= 11 is 0. The average Bonchev–Trinajstić information content (AvgIpc) is 2.60. The highest BCUT2D eigenvalue weighted by Gasteiger charge is 2.24. The Kier molecular flexibility index (Phi) is 4.74. The first-order valence-corrected chi connectivity index (χ1v) is 7.97. The second kappa shape index (κ2) is 6.17. The molecule has 0 saturated heterocycles. The van der Waals surface area contributed by atoms with Crippen molar-refractivity contribution in [2.24, 2.45) is 0 Å². The van der Waals surface area contributed by atoms with Crippen LogP contribution in [0.25, 0.3) is 0 Å². The third-order valence-electron chi connectivity index (χ3n) is 4.48. The minimum Gasteiger partial charge on any atom is -0.493 e. The van der Waals surface area contributed by atoms with Gasteiger partial charge in [-0.05, 0) is 42.4 Å². The van der Waals surface area contributed by atoms with Gasteiger partial charge in [0, 0.05) is 17.6 Å². The maximum atomic E-state index is 5.92. The number of benzene rings is 1. The van der Waals surface area contributed by atoms with Gasteiger partial charge in [0.1, 0.15) is 5.75 Å². The summed E-state index contributed by atoms with van der Waals surface area (Å²) in [4.78, 5) is 0. The topological polar surface area (TPSA) is 21.3 Å². The molecule has 0 aliphatic carbocycles. The van der Waals surface area contributed by atoms with Crippen molar-refractivity contribution in [2.45, 2.75) is 71.4 Å². The summed E-state index contributed by atoms with van der Waals surface area (Å²) in [7, 11) is 0. The van der Waals surface area contributed by atoms with Crippen LogP contribution in [-0.2, 0) is 5.41 Å². The van der Waals surface area contributed by atoms with Crippen LogP contribution < -0.4 is 10.1 Å². The molecule has 0 fully saturated rings. The Morgan fingerprint density at radius 3 is 2.75 bits per heavy atom. The Morgan fingerprint density at radius 1 is 1.35 bits per heavy atom. The standard InChI is InChI=1S/C18H29NO/c1-6-18(4,5)14-9-10-17-15(12-14)16(19-13(2)3)8-7-11-20-17/h9-10,12-13,16,19H,6-8,11H2,1-5H3. The SMILES string of the molecule is CCC(C)(C)c1ccc2c(c1)C(NC(C)C)CCCO2. The van der Waals surface area contributed by atoms with Gasteiger partial charge in [-0.3, -0.25) is 0 Å². The van der Waals surface area contributed by atoms with E-state index in [1.54, 1.807) is 0 Å². The fourth-order valence-electron chi connectivity index (χ4n) is 2.78. The van der Waals surface area contributed by atoms with Crippen LogP contribution in [0.3, 0.4) is 0 Å². The molecule has 1 heterocycles. The summed E-state index contributed by atoms with van der Waals surface area (Å²) in [6.45, 7) is 12.1. The maximum absolute atomic E-state index is 5.92. The number of rotatable bonds is 4. The molecular formula is C18H29NO. The lowest BCUT2D eigenvalue weighted by Crippen LogP contribution is -2.28. The Bertz CT molecular complexity index is 451. The zero-order chi connectivity index (χ0) is 14.8. The zero-order valence-corrected chi connectivity index (χ0v) is 13.6. The van der Waals surface area contributed by atoms with Gasteiger partial charge in [-0.1, -0.05) is 40.7 Å². The average molecular weight is 275 g/mol. The zero-order valence-electron chi connectivity index (χ0n) is 13.6. The molecule has 0 radical (unpaired) electrons. The first-order valence-electron chi connectivity index (χ1n) is 7.97. The molecule has 2 nitrogen and oxygen atoms in total. The summed E-state index contributed by atoms with van der Waals surface area (Å²) in [5.74, 6) is 1.07. The van der Waals surface area contributed by atoms with Crippen molar-refractivity contribution in [1.29, 1.82) is 0 Å². The number of hydrogen-bond acceptors (Lipinski definition) is 2. The highest BCUT2D eigenvalue weighted by Crippen LogP contribution is 2.36. The van der Waals surface area contributed by atoms with E-state index < -0.39 is 0 Å². The van der Waals surface area contributed by atoms with Gasteiger partial charge >= 0.3 is 0 Å². The normalized spacial score (nSPS) is 19.4. The first-order chi connectivity index (χ1) is 9.44. The molecule has 1 N–H and O–H groups in total. The quantitative estimate of drug-likeness (QED) is 0.868. The number of fused-ring (bicyclic) bond motifs is 1. The molecule has 0 spiro atoms. The van der Waals surface area contributed by atoms with E-state index in [9.17, 15) is 0 Å². The van der Waals surface area contributed by atoms with Gasteiger partial charge in [-0.25, -0.2) is 0 Å². The van der Waals surface area contributed by atoms with Gasteiger partial charge in [-0.15, -0.1) is 0 Å². The third kappa shape index (κ3) is 3.35. The summed E-state index contributed by atoms with van der Waals surface area (Å²) < 4.78 is 5.92. The fraction of sp³-hybridized carbons (Fsp3) is 0.667. The monoisotopic (exact) mass is 275 g/mol. The molecular weight excluding hydrogens is 246 g/mol. The molecule has 1 atom stereocenters. The van der Waals surface area contributed by atoms with Gasteiger partial charge in [-0.2, -0.15) is 0 Å². The van der Waals surface area contributed by atoms with E-state index in [4.69, 9.17) is 4.74 Å². The highest BCUT2D eigenvalue weighted by atomic mass is 16.5. The van der Waals surface area contributed by atoms with Crippen molar-refractivity contribution in [3.63, 3.8) is 0 Å². The lowest BCUT2D eigenvalue weighted by Gasteiger charge is -2.27. The van der Waals surface area contributed by atoms with E-state index in [-0.39, 0.29) is 5.41 Å². The lowest BCUT2D eigenvalue weighted by molar-refractivity contribution is 0.314. The van der Waals surface area contributed by atoms with E-state index in [1.165, 1.54) is 11.1 Å². The molecule has 1 unspecified atom stereocenters. The van der Waals surface area contributed by atoms with Crippen LogP contribution in [0.1, 0.15) is 71.0 Å². The summed E-state index contributed by atoms with van der Waals surface area (Å²) in [5, 5.41) is 3.69. The van der Waals surface area contributed by atoms with Gasteiger partial charge in [0.2, 0.25) is 0 Å². The largest absolute Gasteiger partial charge is 0.493 e. The maximum Gasteiger partial charge on any atom is 0.124 e. The summed E-state index contributed by atoms with van der Waals surface area (Å²) in [6.07, 6.45) is 3.42. The van der Waals surface area contributed by atoms with E-state index in [2.05, 4.69) is 58.1 Å². The van der Waals surface area contributed by atoms with Crippen molar-refractivity contribution in [3.05, 3.63) is 29.3 Å². The molecule has 0 aromatic heterocycles. The fourth-order valence-corrected chi connectivity index (χ4v) is 2.78. The van der Waals surface area contributed by atoms with Gasteiger partial charge in [0.15, 0.2) is 0 Å². The number of ether oxygens (including phenoxy) is 1. The third-order valence-corrected chi connectivity index (χ3v) is 4.48. The Hall–Kier alpha value is -1.02. The van der Waals surface area contributed by atoms with Gasteiger partial charge < -0.3 is 10.1 Å². The van der Waals surface area contributed by atoms with Crippen molar-refractivity contribution in [1.82, 2.24) is 5.32 Å². The predicted octanol–water partition coefficient (Wildman–Crippen LogP) is 4.59. The van der Waals surface area contributed by atoms with E-state index in [0.29, 0.717) is 12.1 Å². The van der Waals surface area contributed by atoms with Crippen LogP contribution in [0, 0.1) is 0 Å². The Labute approximate surface area is 123 Å². The van der Waals surface area contributed by atoms with Crippen LogP contribution in [0.15, 0.2) is 18.2 Å². The molecule has 1 aromatic rings. The Balaban J connectivity index is 2.39. The van der Waals surface area contributed by atoms with Crippen molar-refractivity contribution < 1.29 is 4.74 Å². The van der Waals surface area contributed by atoms with Crippen molar-refractivity contribution in [2.75, 3.05) is 6.61 Å². The number of hydrogen-bond donors (Lipinski definition) is 1. The van der Waals surface area contributed by atoms with Crippen molar-refractivity contribution >= 4 is 0 Å². The van der Waals surface area contributed by atoms with Crippen LogP contribution >= 0.6 is 0 Å². The molecule has 0 amide bonds. The second-order valence-electron chi connectivity index (χ2n) is 6.85.